The van der Waals surface area contributed by atoms with Gasteiger partial charge in [0, 0.05) is 0 Å². The Bertz CT molecular complexity index is 1070. The summed E-state index contributed by atoms with van der Waals surface area (Å²) in [6.45, 7) is 3.74. The quantitative estimate of drug-likeness (QED) is 0.573. The maximum Gasteiger partial charge on any atom is 0.0629 e. The normalized spacial score (nSPS) is 17.2. The van der Waals surface area contributed by atoms with Crippen molar-refractivity contribution in [2.75, 3.05) is 0 Å². The molecule has 96 valence electrons. The third-order valence-corrected chi connectivity index (χ3v) is 2.85. The van der Waals surface area contributed by atoms with Gasteiger partial charge in [-0.3, -0.25) is 0 Å². The summed E-state index contributed by atoms with van der Waals surface area (Å²) in [6, 6.07) is 0.0274. The zero-order valence-corrected chi connectivity index (χ0v) is 10.5. The van der Waals surface area contributed by atoms with E-state index < -0.39 is 60.4 Å². The smallest absolute Gasteiger partial charge is 0.0629 e. The summed E-state index contributed by atoms with van der Waals surface area (Å²) < 4.78 is 80.1. The van der Waals surface area contributed by atoms with Crippen molar-refractivity contribution in [3.8, 4) is 22.3 Å². The monoisotopic (exact) mass is 266 g/mol. The minimum atomic E-state index is -0.518. The fraction of sp³-hybridized carbons (Fsp3) is 0. The Morgan fingerprint density at radius 1 is 0.750 bits per heavy atom. The molecule has 3 rings (SSSR count). The third kappa shape index (κ3) is 2.28. The van der Waals surface area contributed by atoms with Crippen molar-refractivity contribution < 1.29 is 13.7 Å². The molecule has 0 aromatic heterocycles. The molecule has 0 spiro atoms. The minimum Gasteiger partial charge on any atom is -0.0984 e. The second-order valence-corrected chi connectivity index (χ2v) is 3.97. The summed E-state index contributed by atoms with van der Waals surface area (Å²) in [4.78, 5) is 0. The molecule has 0 amide bonds. The van der Waals surface area contributed by atoms with Gasteiger partial charge in [-0.15, -0.1) is 0 Å². The molecule has 0 fully saturated rings. The fourth-order valence-corrected chi connectivity index (χ4v) is 1.99. The Morgan fingerprint density at radius 3 is 1.60 bits per heavy atom. The van der Waals surface area contributed by atoms with Gasteiger partial charge in [-0.2, -0.15) is 0 Å². The van der Waals surface area contributed by atoms with E-state index in [2.05, 4.69) is 6.58 Å². The molecule has 0 nitrogen and oxygen atoms in total. The first kappa shape index (κ1) is 5.41. The van der Waals surface area contributed by atoms with E-state index in [4.69, 9.17) is 13.7 Å². The molecule has 3 aromatic rings. The fourth-order valence-electron chi connectivity index (χ4n) is 1.99. The van der Waals surface area contributed by atoms with Gasteiger partial charge >= 0.3 is 0 Å². The van der Waals surface area contributed by atoms with Crippen LogP contribution in [0.15, 0.2) is 85.2 Å². The molecule has 0 aliphatic carbocycles. The van der Waals surface area contributed by atoms with E-state index in [0.717, 1.165) is 0 Å². The van der Waals surface area contributed by atoms with Crippen molar-refractivity contribution in [3.05, 3.63) is 90.8 Å². The Kier molecular flexibility index (Phi) is 1.51. The average molecular weight is 266 g/mol. The molecule has 0 saturated carbocycles. The second kappa shape index (κ2) is 5.58. The van der Waals surface area contributed by atoms with Crippen LogP contribution < -0.4 is 0 Å². The summed E-state index contributed by atoms with van der Waals surface area (Å²) in [5.41, 5.74) is 0.711. The van der Waals surface area contributed by atoms with E-state index in [9.17, 15) is 0 Å². The van der Waals surface area contributed by atoms with Crippen molar-refractivity contribution in [2.45, 2.75) is 0 Å². The van der Waals surface area contributed by atoms with E-state index in [-0.39, 0.29) is 22.3 Å². The predicted octanol–water partition coefficient (Wildman–Crippen LogP) is 5.66. The third-order valence-electron chi connectivity index (χ3n) is 2.85. The summed E-state index contributed by atoms with van der Waals surface area (Å²) in [5, 5.41) is 0. The van der Waals surface area contributed by atoms with E-state index in [1.807, 2.05) is 0 Å². The number of hydrogen-bond donors (Lipinski definition) is 0. The number of rotatable bonds is 3. The first-order valence-corrected chi connectivity index (χ1v) is 5.94. The van der Waals surface area contributed by atoms with E-state index in [0.29, 0.717) is 5.56 Å². The highest BCUT2D eigenvalue weighted by atomic mass is 14.1. The van der Waals surface area contributed by atoms with Gasteiger partial charge in [0.05, 0.1) is 13.7 Å². The highest BCUT2D eigenvalue weighted by Gasteiger charge is 2.08. The highest BCUT2D eigenvalue weighted by Crippen LogP contribution is 2.32. The molecule has 0 aliphatic heterocycles. The topological polar surface area (TPSA) is 0 Å². The summed E-state index contributed by atoms with van der Waals surface area (Å²) in [5.74, 6) is 0. The van der Waals surface area contributed by atoms with Crippen molar-refractivity contribution in [1.29, 1.82) is 0 Å². The summed E-state index contributed by atoms with van der Waals surface area (Å²) in [6.07, 6.45) is 1.38. The van der Waals surface area contributed by atoms with Gasteiger partial charge < -0.3 is 0 Å². The van der Waals surface area contributed by atoms with E-state index in [1.54, 1.807) is 18.2 Å². The SMILES string of the molecule is [2H]c1c([2H])c([2H])c(-c2cccc(-c3c([2H])c([2H])c([2H])c([2H])c3[2H])c2C=C)c([2H])c1[2H]. The summed E-state index contributed by atoms with van der Waals surface area (Å²) >= 11 is 0. The van der Waals surface area contributed by atoms with Gasteiger partial charge in [0.2, 0.25) is 0 Å². The van der Waals surface area contributed by atoms with E-state index in [1.165, 1.54) is 6.08 Å². The molecule has 0 aliphatic rings. The largest absolute Gasteiger partial charge is 0.0984 e. The molecule has 0 N–H and O–H groups in total. The highest BCUT2D eigenvalue weighted by molar-refractivity contribution is 5.85. The minimum absolute atomic E-state index is 0.0508. The molecule has 3 aromatic carbocycles. The molecule has 0 atom stereocenters. The molecular weight excluding hydrogens is 240 g/mol. The van der Waals surface area contributed by atoms with Gasteiger partial charge in [0.1, 0.15) is 0 Å². The number of benzene rings is 3. The Hall–Kier alpha value is -2.60. The van der Waals surface area contributed by atoms with Crippen LogP contribution in [0, 0.1) is 0 Å². The van der Waals surface area contributed by atoms with Crippen LogP contribution in [-0.2, 0) is 0 Å². The van der Waals surface area contributed by atoms with Crippen LogP contribution >= 0.6 is 0 Å². The standard InChI is InChI=1S/C20H16/c1-2-18-19(16-10-5-3-6-11-16)14-9-15-20(18)17-12-7-4-8-13-17/h2-15H,1H2/i3D,4D,5D,6D,7D,8D,10D,11D,12D,13D. The maximum absolute atomic E-state index is 8.23. The lowest BCUT2D eigenvalue weighted by Gasteiger charge is -2.12. The molecule has 0 heteroatoms. The van der Waals surface area contributed by atoms with Crippen LogP contribution in [0.1, 0.15) is 19.3 Å². The Morgan fingerprint density at radius 2 is 1.20 bits per heavy atom. The molecule has 0 saturated heterocycles. The maximum atomic E-state index is 8.23. The van der Waals surface area contributed by atoms with Crippen LogP contribution in [0.4, 0.5) is 0 Å². The second-order valence-electron chi connectivity index (χ2n) is 3.97. The zero-order valence-electron chi connectivity index (χ0n) is 20.5. The van der Waals surface area contributed by atoms with Crippen LogP contribution in [0.25, 0.3) is 28.3 Å². The van der Waals surface area contributed by atoms with Crippen LogP contribution in [0.3, 0.4) is 0 Å². The molecule has 0 unspecified atom stereocenters. The van der Waals surface area contributed by atoms with Crippen molar-refractivity contribution in [3.63, 3.8) is 0 Å². The zero-order chi connectivity index (χ0) is 22.5. The van der Waals surface area contributed by atoms with Crippen LogP contribution in [0.2, 0.25) is 0 Å². The van der Waals surface area contributed by atoms with Gasteiger partial charge in [-0.1, -0.05) is 91.3 Å². The van der Waals surface area contributed by atoms with E-state index >= 15 is 0 Å². The van der Waals surface area contributed by atoms with Crippen molar-refractivity contribution in [2.24, 2.45) is 0 Å². The van der Waals surface area contributed by atoms with Gasteiger partial charge in [0.25, 0.3) is 0 Å². The van der Waals surface area contributed by atoms with Crippen molar-refractivity contribution >= 4 is 6.08 Å². The summed E-state index contributed by atoms with van der Waals surface area (Å²) in [7, 11) is 0. The van der Waals surface area contributed by atoms with Crippen LogP contribution in [0.5, 0.6) is 0 Å². The molecule has 0 radical (unpaired) electrons. The molecule has 20 heavy (non-hydrogen) atoms. The molecular formula is C20H16. The Labute approximate surface area is 134 Å². The van der Waals surface area contributed by atoms with Gasteiger partial charge in [0.15, 0.2) is 0 Å². The van der Waals surface area contributed by atoms with Crippen molar-refractivity contribution in [1.82, 2.24) is 0 Å². The van der Waals surface area contributed by atoms with Gasteiger partial charge in [-0.05, 0) is 27.8 Å². The molecule has 0 heterocycles. The van der Waals surface area contributed by atoms with Gasteiger partial charge in [-0.25, -0.2) is 0 Å². The lowest BCUT2D eigenvalue weighted by molar-refractivity contribution is 1.56. The lowest BCUT2D eigenvalue weighted by atomic mass is 9.92. The van der Waals surface area contributed by atoms with Crippen LogP contribution in [-0.4, -0.2) is 0 Å². The number of hydrogen-bond acceptors (Lipinski definition) is 0. The predicted molar refractivity (Wildman–Crippen MR) is 87.4 cm³/mol. The first-order chi connectivity index (χ1) is 14.0. The average Bonchev–Trinajstić information content (AvgIpc) is 2.74. The molecule has 0 bridgehead atoms. The first-order valence-electron chi connectivity index (χ1n) is 10.9. The Balaban J connectivity index is 2.46. The lowest BCUT2D eigenvalue weighted by Crippen LogP contribution is -1.88.